The summed E-state index contributed by atoms with van der Waals surface area (Å²) in [5, 5.41) is 11.7. The molecule has 0 spiro atoms. The van der Waals surface area contributed by atoms with Gasteiger partial charge in [-0.2, -0.15) is 5.26 Å². The lowest BCUT2D eigenvalue weighted by Gasteiger charge is -2.16. The van der Waals surface area contributed by atoms with Gasteiger partial charge < -0.3 is 10.2 Å². The van der Waals surface area contributed by atoms with Gasteiger partial charge in [0.15, 0.2) is 0 Å². The van der Waals surface area contributed by atoms with Gasteiger partial charge in [0.2, 0.25) is 11.8 Å². The maximum Gasteiger partial charge on any atom is 0.229 e. The molecular weight excluding hydrogens is 302 g/mol. The first-order valence-electron chi connectivity index (χ1n) is 7.78. The molecule has 1 saturated heterocycles. The summed E-state index contributed by atoms with van der Waals surface area (Å²) in [4.78, 5) is 26.2. The number of hydrogen-bond acceptors (Lipinski definition) is 3. The molecule has 0 radical (unpaired) electrons. The SMILES string of the molecule is N#Cc1cccc(NC(=O)C2CC(=O)N(Cc3ccccc3)C2)c1. The fourth-order valence-corrected chi connectivity index (χ4v) is 2.82. The topological polar surface area (TPSA) is 73.2 Å². The lowest BCUT2D eigenvalue weighted by atomic mass is 10.1. The number of carbonyl (C=O) groups is 2. The van der Waals surface area contributed by atoms with Gasteiger partial charge in [-0.1, -0.05) is 36.4 Å². The lowest BCUT2D eigenvalue weighted by Crippen LogP contribution is -2.28. The summed E-state index contributed by atoms with van der Waals surface area (Å²) in [6.45, 7) is 0.935. The predicted octanol–water partition coefficient (Wildman–Crippen LogP) is 2.55. The number of rotatable bonds is 4. The predicted molar refractivity (Wildman–Crippen MR) is 89.8 cm³/mol. The Balaban J connectivity index is 1.62. The van der Waals surface area contributed by atoms with Crippen molar-refractivity contribution in [3.05, 3.63) is 65.7 Å². The number of anilines is 1. The monoisotopic (exact) mass is 319 g/mol. The second-order valence-electron chi connectivity index (χ2n) is 5.84. The van der Waals surface area contributed by atoms with E-state index in [1.807, 2.05) is 36.4 Å². The van der Waals surface area contributed by atoms with Crippen molar-refractivity contribution in [3.8, 4) is 6.07 Å². The van der Waals surface area contributed by atoms with Gasteiger partial charge in [-0.25, -0.2) is 0 Å². The van der Waals surface area contributed by atoms with Crippen LogP contribution in [0.1, 0.15) is 17.5 Å². The first kappa shape index (κ1) is 15.8. The molecule has 1 heterocycles. The molecule has 5 heteroatoms. The summed E-state index contributed by atoms with van der Waals surface area (Å²) < 4.78 is 0. The molecular formula is C19H17N3O2. The molecule has 2 amide bonds. The van der Waals surface area contributed by atoms with E-state index >= 15 is 0 Å². The second kappa shape index (κ2) is 6.97. The number of nitrogens with one attached hydrogen (secondary N) is 1. The summed E-state index contributed by atoms with van der Waals surface area (Å²) in [5.41, 5.74) is 2.11. The van der Waals surface area contributed by atoms with Crippen molar-refractivity contribution >= 4 is 17.5 Å². The molecule has 2 aromatic rings. The fraction of sp³-hybridized carbons (Fsp3) is 0.211. The number of nitrogens with zero attached hydrogens (tertiary/aromatic N) is 2. The molecule has 2 aromatic carbocycles. The van der Waals surface area contributed by atoms with Crippen LogP contribution in [0.4, 0.5) is 5.69 Å². The summed E-state index contributed by atoms with van der Waals surface area (Å²) >= 11 is 0. The number of hydrogen-bond donors (Lipinski definition) is 1. The summed E-state index contributed by atoms with van der Waals surface area (Å²) in [7, 11) is 0. The average molecular weight is 319 g/mol. The maximum absolute atomic E-state index is 12.4. The van der Waals surface area contributed by atoms with Crippen LogP contribution in [0, 0.1) is 17.2 Å². The Morgan fingerprint density at radius 3 is 2.75 bits per heavy atom. The van der Waals surface area contributed by atoms with E-state index < -0.39 is 0 Å². The van der Waals surface area contributed by atoms with E-state index in [4.69, 9.17) is 5.26 Å². The lowest BCUT2D eigenvalue weighted by molar-refractivity contribution is -0.128. The number of benzene rings is 2. The third kappa shape index (κ3) is 3.61. The first-order chi connectivity index (χ1) is 11.7. The van der Waals surface area contributed by atoms with Crippen molar-refractivity contribution in [1.29, 1.82) is 5.26 Å². The van der Waals surface area contributed by atoms with Crippen LogP contribution in [0.15, 0.2) is 54.6 Å². The molecule has 0 aromatic heterocycles. The normalized spacial score (nSPS) is 16.7. The Labute approximate surface area is 140 Å². The Morgan fingerprint density at radius 2 is 2.00 bits per heavy atom. The molecule has 1 fully saturated rings. The van der Waals surface area contributed by atoms with Crippen molar-refractivity contribution < 1.29 is 9.59 Å². The van der Waals surface area contributed by atoms with Crippen LogP contribution in [0.5, 0.6) is 0 Å². The van der Waals surface area contributed by atoms with E-state index in [0.717, 1.165) is 5.56 Å². The molecule has 1 N–H and O–H groups in total. The quantitative estimate of drug-likeness (QED) is 0.941. The fourth-order valence-electron chi connectivity index (χ4n) is 2.82. The van der Waals surface area contributed by atoms with Gasteiger partial charge in [0.05, 0.1) is 17.6 Å². The number of likely N-dealkylation sites (tertiary alicyclic amines) is 1. The zero-order valence-corrected chi connectivity index (χ0v) is 13.1. The molecule has 1 aliphatic rings. The van der Waals surface area contributed by atoms with Gasteiger partial charge >= 0.3 is 0 Å². The Morgan fingerprint density at radius 1 is 1.21 bits per heavy atom. The van der Waals surface area contributed by atoms with Crippen molar-refractivity contribution in [1.82, 2.24) is 4.90 Å². The highest BCUT2D eigenvalue weighted by Gasteiger charge is 2.34. The zero-order chi connectivity index (χ0) is 16.9. The van der Waals surface area contributed by atoms with Crippen molar-refractivity contribution in [2.75, 3.05) is 11.9 Å². The molecule has 0 saturated carbocycles. The van der Waals surface area contributed by atoms with Crippen LogP contribution < -0.4 is 5.32 Å². The van der Waals surface area contributed by atoms with Crippen molar-refractivity contribution in [3.63, 3.8) is 0 Å². The van der Waals surface area contributed by atoms with Gasteiger partial charge in [0.25, 0.3) is 0 Å². The number of carbonyl (C=O) groups excluding carboxylic acids is 2. The Kier molecular flexibility index (Phi) is 4.57. The van der Waals surface area contributed by atoms with E-state index in [2.05, 4.69) is 5.32 Å². The third-order valence-corrected chi connectivity index (χ3v) is 4.06. The van der Waals surface area contributed by atoms with Gasteiger partial charge in [-0.3, -0.25) is 9.59 Å². The minimum Gasteiger partial charge on any atom is -0.338 e. The van der Waals surface area contributed by atoms with Gasteiger partial charge in [0, 0.05) is 25.2 Å². The highest BCUT2D eigenvalue weighted by molar-refractivity contribution is 5.97. The van der Waals surface area contributed by atoms with Crippen LogP contribution in [-0.2, 0) is 16.1 Å². The van der Waals surface area contributed by atoms with E-state index in [0.29, 0.717) is 24.3 Å². The highest BCUT2D eigenvalue weighted by atomic mass is 16.2. The minimum atomic E-state index is -0.369. The van der Waals surface area contributed by atoms with Gasteiger partial charge in [0.1, 0.15) is 0 Å². The smallest absolute Gasteiger partial charge is 0.229 e. The van der Waals surface area contributed by atoms with Crippen molar-refractivity contribution in [2.45, 2.75) is 13.0 Å². The molecule has 3 rings (SSSR count). The van der Waals surface area contributed by atoms with Crippen molar-refractivity contribution in [2.24, 2.45) is 5.92 Å². The van der Waals surface area contributed by atoms with Gasteiger partial charge in [-0.05, 0) is 23.8 Å². The van der Waals surface area contributed by atoms with E-state index in [1.54, 1.807) is 29.2 Å². The number of nitriles is 1. The maximum atomic E-state index is 12.4. The van der Waals surface area contributed by atoms with Crippen LogP contribution in [-0.4, -0.2) is 23.3 Å². The summed E-state index contributed by atoms with van der Waals surface area (Å²) in [5.74, 6) is -0.564. The average Bonchev–Trinajstić information content (AvgIpc) is 2.97. The molecule has 5 nitrogen and oxygen atoms in total. The van der Waals surface area contributed by atoms with Crippen LogP contribution in [0.25, 0.3) is 0 Å². The zero-order valence-electron chi connectivity index (χ0n) is 13.1. The molecule has 0 aliphatic carbocycles. The summed E-state index contributed by atoms with van der Waals surface area (Å²) in [6, 6.07) is 18.5. The highest BCUT2D eigenvalue weighted by Crippen LogP contribution is 2.22. The Hall–Kier alpha value is -3.13. The van der Waals surface area contributed by atoms with Crippen LogP contribution in [0.2, 0.25) is 0 Å². The van der Waals surface area contributed by atoms with E-state index in [1.165, 1.54) is 0 Å². The second-order valence-corrected chi connectivity index (χ2v) is 5.84. The molecule has 120 valence electrons. The minimum absolute atomic E-state index is 0.00946. The van der Waals surface area contributed by atoms with Crippen LogP contribution >= 0.6 is 0 Å². The van der Waals surface area contributed by atoms with E-state index in [9.17, 15) is 9.59 Å². The molecule has 1 atom stereocenters. The molecule has 1 aliphatic heterocycles. The molecule has 24 heavy (non-hydrogen) atoms. The largest absolute Gasteiger partial charge is 0.338 e. The first-order valence-corrected chi connectivity index (χ1v) is 7.78. The van der Waals surface area contributed by atoms with Gasteiger partial charge in [-0.15, -0.1) is 0 Å². The van der Waals surface area contributed by atoms with E-state index in [-0.39, 0.29) is 24.2 Å². The Bertz CT molecular complexity index is 796. The van der Waals surface area contributed by atoms with Crippen LogP contribution in [0.3, 0.4) is 0 Å². The molecule has 0 bridgehead atoms. The summed E-state index contributed by atoms with van der Waals surface area (Å²) in [6.07, 6.45) is 0.219. The third-order valence-electron chi connectivity index (χ3n) is 4.06. The number of amides is 2. The standard InChI is InChI=1S/C19H17N3O2/c20-11-15-7-4-8-17(9-15)21-19(24)16-10-18(23)22(13-16)12-14-5-2-1-3-6-14/h1-9,16H,10,12-13H2,(H,21,24). The molecule has 1 unspecified atom stereocenters.